The van der Waals surface area contributed by atoms with Gasteiger partial charge in [-0.25, -0.2) is 0 Å². The molecule has 1 atom stereocenters. The number of fused-ring (bicyclic) bond motifs is 1. The van der Waals surface area contributed by atoms with Gasteiger partial charge in [-0.1, -0.05) is 11.2 Å². The third-order valence-corrected chi connectivity index (χ3v) is 8.88. The summed E-state index contributed by atoms with van der Waals surface area (Å²) in [5.41, 5.74) is 5.92. The van der Waals surface area contributed by atoms with Crippen molar-refractivity contribution in [2.45, 2.75) is 45.4 Å². The molecular formula is C39H41N3O10. The van der Waals surface area contributed by atoms with Crippen LogP contribution in [0.25, 0.3) is 22.6 Å². The number of nitrogens with zero attached hydrogens (tertiary/aromatic N) is 1. The van der Waals surface area contributed by atoms with Crippen LogP contribution in [-0.4, -0.2) is 58.9 Å². The van der Waals surface area contributed by atoms with Crippen molar-refractivity contribution in [3.63, 3.8) is 0 Å². The molecular weight excluding hydrogens is 670 g/mol. The fraction of sp³-hybridized carbons (Fsp3) is 0.282. The highest BCUT2D eigenvalue weighted by atomic mass is 16.5. The molecule has 1 amide bonds. The number of aromatic nitrogens is 1. The lowest BCUT2D eigenvalue weighted by Gasteiger charge is -2.29. The van der Waals surface area contributed by atoms with Crippen molar-refractivity contribution >= 4 is 11.6 Å². The molecule has 6 rings (SSSR count). The molecule has 0 radical (unpaired) electrons. The van der Waals surface area contributed by atoms with E-state index >= 15 is 0 Å². The van der Waals surface area contributed by atoms with Crippen LogP contribution in [0, 0.1) is 0 Å². The molecule has 13 heteroatoms. The molecule has 52 heavy (non-hydrogen) atoms. The van der Waals surface area contributed by atoms with Gasteiger partial charge in [0.25, 0.3) is 5.91 Å². The number of benzene rings is 4. The van der Waals surface area contributed by atoms with Gasteiger partial charge in [0.15, 0.2) is 17.3 Å². The first-order valence-corrected chi connectivity index (χ1v) is 16.8. The van der Waals surface area contributed by atoms with Crippen LogP contribution in [0.4, 0.5) is 5.69 Å². The number of unbranched alkanes of at least 4 members (excludes halogenated alkanes) is 1. The van der Waals surface area contributed by atoms with Crippen LogP contribution in [0.1, 0.15) is 57.2 Å². The van der Waals surface area contributed by atoms with Gasteiger partial charge in [0, 0.05) is 28.4 Å². The molecule has 0 aliphatic carbocycles. The number of anilines is 1. The first-order chi connectivity index (χ1) is 25.4. The maximum Gasteiger partial charge on any atom is 0.255 e. The van der Waals surface area contributed by atoms with Crippen molar-refractivity contribution in [1.82, 2.24) is 10.5 Å². The Kier molecular flexibility index (Phi) is 11.6. The second kappa shape index (κ2) is 16.6. The molecule has 272 valence electrons. The zero-order valence-electron chi connectivity index (χ0n) is 28.8. The second-order valence-electron chi connectivity index (χ2n) is 12.1. The van der Waals surface area contributed by atoms with E-state index in [4.69, 9.17) is 23.5 Å². The quantitative estimate of drug-likeness (QED) is 0.0747. The number of nitrogens with one attached hydrogen (secondary N) is 2. The van der Waals surface area contributed by atoms with Crippen LogP contribution in [0.5, 0.6) is 23.0 Å². The van der Waals surface area contributed by atoms with Gasteiger partial charge in [0.1, 0.15) is 23.4 Å². The van der Waals surface area contributed by atoms with E-state index in [-0.39, 0.29) is 32.3 Å². The summed E-state index contributed by atoms with van der Waals surface area (Å²) in [7, 11) is 3.12. The minimum atomic E-state index is -0.476. The molecule has 1 aliphatic heterocycles. The molecule has 0 saturated carbocycles. The van der Waals surface area contributed by atoms with Crippen LogP contribution in [0.2, 0.25) is 0 Å². The zero-order valence-corrected chi connectivity index (χ0v) is 28.8. The van der Waals surface area contributed by atoms with Gasteiger partial charge < -0.3 is 54.5 Å². The molecule has 0 saturated heterocycles. The highest BCUT2D eigenvalue weighted by Gasteiger charge is 2.26. The predicted molar refractivity (Wildman–Crippen MR) is 191 cm³/mol. The van der Waals surface area contributed by atoms with Crippen molar-refractivity contribution in [3.8, 4) is 45.6 Å². The maximum absolute atomic E-state index is 12.8. The number of amides is 1. The van der Waals surface area contributed by atoms with Crippen LogP contribution >= 0.6 is 0 Å². The Morgan fingerprint density at radius 2 is 1.40 bits per heavy atom. The van der Waals surface area contributed by atoms with Gasteiger partial charge in [-0.3, -0.25) is 4.79 Å². The Hall–Kier alpha value is -5.60. The second-order valence-corrected chi connectivity index (χ2v) is 12.1. The highest BCUT2D eigenvalue weighted by molar-refractivity contribution is 6.02. The lowest BCUT2D eigenvalue weighted by atomic mass is 9.97. The van der Waals surface area contributed by atoms with E-state index in [1.54, 1.807) is 68.8 Å². The predicted octanol–water partition coefficient (Wildman–Crippen LogP) is 5.09. The Balaban J connectivity index is 1.04. The van der Waals surface area contributed by atoms with Crippen LogP contribution in [0.3, 0.4) is 0 Å². The minimum Gasteiger partial charge on any atom is -0.497 e. The van der Waals surface area contributed by atoms with Crippen LogP contribution < -0.4 is 29.6 Å². The number of hydrogen-bond donors (Lipinski definition) is 6. The van der Waals surface area contributed by atoms with E-state index < -0.39 is 6.17 Å². The van der Waals surface area contributed by atoms with E-state index in [9.17, 15) is 25.2 Å². The maximum atomic E-state index is 12.8. The summed E-state index contributed by atoms with van der Waals surface area (Å²) < 4.78 is 28.5. The van der Waals surface area contributed by atoms with Crippen molar-refractivity contribution in [3.05, 3.63) is 106 Å². The average molecular weight is 712 g/mol. The topological polar surface area (TPSA) is 185 Å². The molecule has 2 heterocycles. The number of methoxy groups -OCH3 is 2. The highest BCUT2D eigenvalue weighted by Crippen LogP contribution is 2.36. The van der Waals surface area contributed by atoms with Gasteiger partial charge in [-0.15, -0.1) is 0 Å². The number of aliphatic hydroxyl groups excluding tert-OH is 4. The number of aliphatic hydroxyl groups is 4. The first kappa shape index (κ1) is 36.2. The largest absolute Gasteiger partial charge is 0.497 e. The summed E-state index contributed by atoms with van der Waals surface area (Å²) in [5.74, 6) is 2.50. The standard InChI is InChI=1S/C39H41N3O10/c1-48-29-7-8-32-30(17-29)39(47)41-38(40-32)24-6-9-34(28(13-24)21-45)50-11-3-4-12-51-37-16-23(5-10-35(37)49-2)36-18-33(42-52-36)25-14-26(19-43)31(22-46)27(15-25)20-44/h5-10,13-18,38,40,43-46H,3-4,11-12,19-22H2,1-2H3,(H,41,47). The van der Waals surface area contributed by atoms with Crippen molar-refractivity contribution in [1.29, 1.82) is 0 Å². The molecule has 13 nitrogen and oxygen atoms in total. The first-order valence-electron chi connectivity index (χ1n) is 16.8. The molecule has 0 bridgehead atoms. The lowest BCUT2D eigenvalue weighted by molar-refractivity contribution is 0.0935. The Bertz CT molecular complexity index is 2000. The van der Waals surface area contributed by atoms with E-state index in [2.05, 4.69) is 15.8 Å². The summed E-state index contributed by atoms with van der Waals surface area (Å²) in [5, 5.41) is 49.8. The smallest absolute Gasteiger partial charge is 0.255 e. The number of ether oxygens (including phenoxy) is 4. The molecule has 1 aliphatic rings. The number of carbonyl (C=O) groups excluding carboxylic acids is 1. The lowest BCUT2D eigenvalue weighted by Crippen LogP contribution is -2.38. The molecule has 4 aromatic carbocycles. The van der Waals surface area contributed by atoms with Gasteiger partial charge >= 0.3 is 0 Å². The van der Waals surface area contributed by atoms with Gasteiger partial charge in [-0.2, -0.15) is 0 Å². The van der Waals surface area contributed by atoms with E-state index in [0.717, 1.165) is 5.56 Å². The van der Waals surface area contributed by atoms with Crippen molar-refractivity contribution < 1.29 is 48.7 Å². The monoisotopic (exact) mass is 711 g/mol. The summed E-state index contributed by atoms with van der Waals surface area (Å²) >= 11 is 0. The van der Waals surface area contributed by atoms with Gasteiger partial charge in [0.2, 0.25) is 0 Å². The molecule has 1 unspecified atom stereocenters. The van der Waals surface area contributed by atoms with Crippen molar-refractivity contribution in [2.24, 2.45) is 0 Å². The number of rotatable bonds is 16. The number of hydrogen-bond acceptors (Lipinski definition) is 12. The van der Waals surface area contributed by atoms with Crippen LogP contribution in [-0.2, 0) is 26.4 Å². The molecule has 1 aromatic heterocycles. The van der Waals surface area contributed by atoms with E-state index in [1.807, 2.05) is 18.2 Å². The number of carbonyl (C=O) groups is 1. The van der Waals surface area contributed by atoms with E-state index in [0.29, 0.717) is 105 Å². The Labute approximate surface area is 300 Å². The molecule has 6 N–H and O–H groups in total. The van der Waals surface area contributed by atoms with Gasteiger partial charge in [0.05, 0.1) is 59.4 Å². The average Bonchev–Trinajstić information content (AvgIpc) is 3.69. The summed E-state index contributed by atoms with van der Waals surface area (Å²) in [6, 6.07) is 21.3. The zero-order chi connectivity index (χ0) is 36.6. The third kappa shape index (κ3) is 7.82. The summed E-state index contributed by atoms with van der Waals surface area (Å²) in [6.07, 6.45) is 0.886. The summed E-state index contributed by atoms with van der Waals surface area (Å²) in [6.45, 7) is -0.328. The molecule has 0 fully saturated rings. The third-order valence-electron chi connectivity index (χ3n) is 8.88. The Morgan fingerprint density at radius 3 is 2.08 bits per heavy atom. The Morgan fingerprint density at radius 1 is 0.692 bits per heavy atom. The summed E-state index contributed by atoms with van der Waals surface area (Å²) in [4.78, 5) is 12.8. The SMILES string of the molecule is COc1ccc2c(c1)C(=O)NC(c1ccc(OCCCCOc3cc(-c4cc(-c5cc(CO)c(CO)c(CO)c5)no4)ccc3OC)c(CO)c1)N2. The van der Waals surface area contributed by atoms with Gasteiger partial charge in [-0.05, 0) is 95.8 Å². The fourth-order valence-electron chi connectivity index (χ4n) is 6.06. The normalized spacial score (nSPS) is 13.6. The molecule has 0 spiro atoms. The van der Waals surface area contributed by atoms with Crippen LogP contribution in [0.15, 0.2) is 77.3 Å². The van der Waals surface area contributed by atoms with E-state index in [1.165, 1.54) is 0 Å². The fourth-order valence-corrected chi connectivity index (χ4v) is 6.06. The minimum absolute atomic E-state index is 0.223. The molecule has 5 aromatic rings. The van der Waals surface area contributed by atoms with Crippen molar-refractivity contribution in [2.75, 3.05) is 32.8 Å².